The van der Waals surface area contributed by atoms with Crippen LogP contribution in [0.4, 0.5) is 0 Å². The predicted octanol–water partition coefficient (Wildman–Crippen LogP) is 2.44. The van der Waals surface area contributed by atoms with Crippen molar-refractivity contribution in [3.8, 4) is 0 Å². The van der Waals surface area contributed by atoms with Gasteiger partial charge in [0.15, 0.2) is 0 Å². The lowest BCUT2D eigenvalue weighted by Gasteiger charge is -2.27. The van der Waals surface area contributed by atoms with Gasteiger partial charge in [-0.05, 0) is 40.0 Å². The summed E-state index contributed by atoms with van der Waals surface area (Å²) in [5, 5.41) is 0. The van der Waals surface area contributed by atoms with Crippen molar-refractivity contribution in [2.45, 2.75) is 50.8 Å². The first kappa shape index (κ1) is 10.0. The third-order valence-corrected chi connectivity index (χ3v) is 5.53. The summed E-state index contributed by atoms with van der Waals surface area (Å²) in [6.45, 7) is 5.99. The third-order valence-electron chi connectivity index (χ3n) is 2.56. The van der Waals surface area contributed by atoms with E-state index in [4.69, 9.17) is 0 Å². The third kappa shape index (κ3) is 2.00. The highest BCUT2D eigenvalue weighted by atomic mass is 32.2. The molecule has 0 heterocycles. The summed E-state index contributed by atoms with van der Waals surface area (Å²) in [5.74, 6) is 0. The smallest absolute Gasteiger partial charge is 0.0594 e. The standard InChI is InChI=1S/C9H19NOS/c1-9(2,3)12(4,11)10-8-6-5-7-8/h8H,5-7H2,1-4H3. The van der Waals surface area contributed by atoms with Gasteiger partial charge in [-0.3, -0.25) is 0 Å². The minimum Gasteiger partial charge on any atom is -0.250 e. The van der Waals surface area contributed by atoms with Crippen LogP contribution in [0.1, 0.15) is 40.0 Å². The maximum absolute atomic E-state index is 12.0. The van der Waals surface area contributed by atoms with Crippen molar-refractivity contribution in [1.29, 1.82) is 0 Å². The van der Waals surface area contributed by atoms with Crippen molar-refractivity contribution in [2.75, 3.05) is 6.26 Å². The molecule has 1 unspecified atom stereocenters. The molecule has 0 bridgehead atoms. The van der Waals surface area contributed by atoms with E-state index in [-0.39, 0.29) is 4.75 Å². The fraction of sp³-hybridized carbons (Fsp3) is 1.00. The van der Waals surface area contributed by atoms with Crippen LogP contribution in [-0.2, 0) is 9.73 Å². The lowest BCUT2D eigenvalue weighted by Crippen LogP contribution is -2.29. The fourth-order valence-electron chi connectivity index (χ4n) is 0.935. The molecule has 0 aliphatic heterocycles. The van der Waals surface area contributed by atoms with Gasteiger partial charge in [0.25, 0.3) is 0 Å². The van der Waals surface area contributed by atoms with Crippen LogP contribution in [0.2, 0.25) is 0 Å². The molecule has 0 spiro atoms. The van der Waals surface area contributed by atoms with Crippen molar-refractivity contribution >= 4 is 9.73 Å². The lowest BCUT2D eigenvalue weighted by molar-refractivity contribution is 0.421. The molecule has 0 aromatic rings. The van der Waals surface area contributed by atoms with Crippen LogP contribution in [0.25, 0.3) is 0 Å². The summed E-state index contributed by atoms with van der Waals surface area (Å²) in [4.78, 5) is 0. The Morgan fingerprint density at radius 1 is 1.33 bits per heavy atom. The minimum absolute atomic E-state index is 0.178. The van der Waals surface area contributed by atoms with Crippen LogP contribution in [0.3, 0.4) is 0 Å². The molecule has 2 nitrogen and oxygen atoms in total. The molecule has 0 saturated heterocycles. The molecule has 1 aliphatic rings. The van der Waals surface area contributed by atoms with Gasteiger partial charge in [-0.25, -0.2) is 8.57 Å². The summed E-state index contributed by atoms with van der Waals surface area (Å²) in [6.07, 6.45) is 5.32. The second-order valence-corrected chi connectivity index (χ2v) is 7.65. The van der Waals surface area contributed by atoms with Crippen molar-refractivity contribution in [2.24, 2.45) is 4.36 Å². The Morgan fingerprint density at radius 3 is 2.08 bits per heavy atom. The van der Waals surface area contributed by atoms with Gasteiger partial charge in [0, 0.05) is 20.7 Å². The van der Waals surface area contributed by atoms with Gasteiger partial charge in [-0.1, -0.05) is 0 Å². The zero-order valence-corrected chi connectivity index (χ0v) is 9.28. The molecule has 0 amide bonds. The fourth-order valence-corrected chi connectivity index (χ4v) is 2.03. The minimum atomic E-state index is -1.98. The first-order valence-electron chi connectivity index (χ1n) is 4.54. The Kier molecular flexibility index (Phi) is 2.52. The first-order chi connectivity index (χ1) is 5.33. The normalized spacial score (nSPS) is 24.3. The first-order valence-corrected chi connectivity index (χ1v) is 6.46. The van der Waals surface area contributed by atoms with Gasteiger partial charge < -0.3 is 0 Å². The van der Waals surface area contributed by atoms with Crippen molar-refractivity contribution in [1.82, 2.24) is 0 Å². The summed E-state index contributed by atoms with van der Waals surface area (Å²) in [7, 11) is -1.98. The van der Waals surface area contributed by atoms with Crippen LogP contribution >= 0.6 is 0 Å². The Labute approximate surface area is 75.9 Å². The largest absolute Gasteiger partial charge is 0.250 e. The highest BCUT2D eigenvalue weighted by Crippen LogP contribution is 2.26. The topological polar surface area (TPSA) is 29.4 Å². The molecule has 3 heteroatoms. The average molecular weight is 189 g/mol. The van der Waals surface area contributed by atoms with E-state index in [1.54, 1.807) is 6.26 Å². The Morgan fingerprint density at radius 2 is 1.83 bits per heavy atom. The SMILES string of the molecule is CC(C)(C)S(C)(=O)=NC1CCC1. The van der Waals surface area contributed by atoms with Crippen molar-refractivity contribution < 1.29 is 4.21 Å². The van der Waals surface area contributed by atoms with Gasteiger partial charge in [0.1, 0.15) is 0 Å². The van der Waals surface area contributed by atoms with E-state index in [1.807, 2.05) is 20.8 Å². The zero-order valence-electron chi connectivity index (χ0n) is 8.46. The molecular weight excluding hydrogens is 170 g/mol. The summed E-state index contributed by atoms with van der Waals surface area (Å²) in [6, 6.07) is 0.390. The Balaban J connectivity index is 2.83. The summed E-state index contributed by atoms with van der Waals surface area (Å²) in [5.41, 5.74) is 0. The number of nitrogens with zero attached hydrogens (tertiary/aromatic N) is 1. The van der Waals surface area contributed by atoms with E-state index in [9.17, 15) is 4.21 Å². The predicted molar refractivity (Wildman–Crippen MR) is 53.9 cm³/mol. The Bertz CT molecular complexity index is 265. The van der Waals surface area contributed by atoms with Gasteiger partial charge in [-0.15, -0.1) is 0 Å². The van der Waals surface area contributed by atoms with Gasteiger partial charge in [-0.2, -0.15) is 0 Å². The van der Waals surface area contributed by atoms with Crippen LogP contribution in [-0.4, -0.2) is 21.3 Å². The molecule has 0 radical (unpaired) electrons. The van der Waals surface area contributed by atoms with Crippen molar-refractivity contribution in [3.05, 3.63) is 0 Å². The van der Waals surface area contributed by atoms with Crippen LogP contribution in [0, 0.1) is 0 Å². The molecule has 1 rings (SSSR count). The van der Waals surface area contributed by atoms with Gasteiger partial charge >= 0.3 is 0 Å². The van der Waals surface area contributed by atoms with Crippen LogP contribution in [0.5, 0.6) is 0 Å². The zero-order chi connectivity index (χ0) is 9.41. The summed E-state index contributed by atoms with van der Waals surface area (Å²) >= 11 is 0. The summed E-state index contributed by atoms with van der Waals surface area (Å²) < 4.78 is 16.3. The van der Waals surface area contributed by atoms with Crippen molar-refractivity contribution in [3.63, 3.8) is 0 Å². The van der Waals surface area contributed by atoms with E-state index < -0.39 is 9.73 Å². The van der Waals surface area contributed by atoms with E-state index in [0.717, 1.165) is 12.8 Å². The maximum atomic E-state index is 12.0. The van der Waals surface area contributed by atoms with Gasteiger partial charge in [0.05, 0.1) is 6.04 Å². The molecule has 1 atom stereocenters. The second-order valence-electron chi connectivity index (χ2n) is 4.61. The molecule has 72 valence electrons. The Hall–Kier alpha value is -0.0500. The average Bonchev–Trinajstić information content (AvgIpc) is 1.76. The molecule has 0 N–H and O–H groups in total. The molecule has 12 heavy (non-hydrogen) atoms. The maximum Gasteiger partial charge on any atom is 0.0594 e. The highest BCUT2D eigenvalue weighted by Gasteiger charge is 2.25. The van der Waals surface area contributed by atoms with Crippen LogP contribution in [0.15, 0.2) is 4.36 Å². The molecule has 0 aromatic heterocycles. The number of hydrogen-bond acceptors (Lipinski definition) is 2. The van der Waals surface area contributed by atoms with E-state index in [0.29, 0.717) is 6.04 Å². The molecule has 1 aliphatic carbocycles. The number of hydrogen-bond donors (Lipinski definition) is 0. The van der Waals surface area contributed by atoms with E-state index in [2.05, 4.69) is 4.36 Å². The monoisotopic (exact) mass is 189 g/mol. The van der Waals surface area contributed by atoms with Crippen LogP contribution < -0.4 is 0 Å². The highest BCUT2D eigenvalue weighted by molar-refractivity contribution is 7.94. The van der Waals surface area contributed by atoms with Gasteiger partial charge in [0.2, 0.25) is 0 Å². The lowest BCUT2D eigenvalue weighted by atomic mass is 9.95. The molecule has 1 saturated carbocycles. The number of rotatable bonds is 1. The van der Waals surface area contributed by atoms with E-state index in [1.165, 1.54) is 6.42 Å². The second kappa shape index (κ2) is 3.02. The quantitative estimate of drug-likeness (QED) is 0.623. The molecule has 1 fully saturated rings. The van der Waals surface area contributed by atoms with E-state index >= 15 is 0 Å². The molecule has 0 aromatic carbocycles. The molecular formula is C9H19NOS.